The van der Waals surface area contributed by atoms with Gasteiger partial charge in [0, 0.05) is 18.6 Å². The lowest BCUT2D eigenvalue weighted by molar-refractivity contribution is -0.0861. The summed E-state index contributed by atoms with van der Waals surface area (Å²) in [5.41, 5.74) is 1.21. The zero-order valence-electron chi connectivity index (χ0n) is 16.6. The van der Waals surface area contributed by atoms with Gasteiger partial charge >= 0.3 is 6.09 Å². The Morgan fingerprint density at radius 3 is 2.22 bits per heavy atom. The maximum absolute atomic E-state index is 13.0. The Morgan fingerprint density at radius 2 is 1.70 bits per heavy atom. The van der Waals surface area contributed by atoms with Gasteiger partial charge in [-0.05, 0) is 39.2 Å². The van der Waals surface area contributed by atoms with E-state index in [1.54, 1.807) is 12.0 Å². The fourth-order valence-corrected chi connectivity index (χ4v) is 3.91. The van der Waals surface area contributed by atoms with Crippen LogP contribution in [0.2, 0.25) is 0 Å². The molecule has 2 heterocycles. The van der Waals surface area contributed by atoms with Gasteiger partial charge in [0.1, 0.15) is 5.60 Å². The predicted molar refractivity (Wildman–Crippen MR) is 101 cm³/mol. The van der Waals surface area contributed by atoms with Crippen molar-refractivity contribution in [2.75, 3.05) is 20.3 Å². The number of morpholine rings is 1. The molecular weight excluding hydrogens is 346 g/mol. The minimum absolute atomic E-state index is 0.101. The third-order valence-corrected chi connectivity index (χ3v) is 5.05. The molecule has 1 aromatic rings. The van der Waals surface area contributed by atoms with Crippen LogP contribution in [0.3, 0.4) is 0 Å². The maximum Gasteiger partial charge on any atom is 0.410 e. The lowest BCUT2D eigenvalue weighted by atomic mass is 9.81. The minimum Gasteiger partial charge on any atom is -0.444 e. The molecule has 2 saturated heterocycles. The first kappa shape index (κ1) is 19.8. The number of methoxy groups -OCH3 is 1. The van der Waals surface area contributed by atoms with Gasteiger partial charge in [-0.2, -0.15) is 0 Å². The number of amides is 1. The van der Waals surface area contributed by atoms with Gasteiger partial charge in [-0.1, -0.05) is 24.3 Å². The van der Waals surface area contributed by atoms with Gasteiger partial charge in [0.2, 0.25) is 0 Å². The van der Waals surface area contributed by atoms with E-state index in [1.165, 1.54) is 0 Å². The van der Waals surface area contributed by atoms with Crippen LogP contribution in [0.4, 0.5) is 4.79 Å². The Hall–Kier alpha value is -1.92. The molecule has 2 unspecified atom stereocenters. The number of piperidine rings is 1. The second kappa shape index (κ2) is 7.98. The fourth-order valence-electron chi connectivity index (χ4n) is 3.91. The summed E-state index contributed by atoms with van der Waals surface area (Å²) in [5.74, 6) is 0.0376. The highest BCUT2D eigenvalue weighted by Gasteiger charge is 2.45. The maximum atomic E-state index is 13.0. The average molecular weight is 375 g/mol. The van der Waals surface area contributed by atoms with E-state index in [9.17, 15) is 9.59 Å². The third-order valence-electron chi connectivity index (χ3n) is 5.05. The first-order valence-corrected chi connectivity index (χ1v) is 9.49. The van der Waals surface area contributed by atoms with E-state index < -0.39 is 5.60 Å². The number of carbonyl (C=O) groups is 2. The molecule has 1 amide bonds. The summed E-state index contributed by atoms with van der Waals surface area (Å²) >= 11 is 0. The van der Waals surface area contributed by atoms with Crippen molar-refractivity contribution < 1.29 is 23.8 Å². The monoisotopic (exact) mass is 375 g/mol. The molecule has 2 aliphatic heterocycles. The first-order valence-electron chi connectivity index (χ1n) is 9.49. The van der Waals surface area contributed by atoms with Crippen molar-refractivity contribution in [3.05, 3.63) is 35.4 Å². The van der Waals surface area contributed by atoms with E-state index in [1.807, 2.05) is 45.0 Å². The fraction of sp³-hybridized carbons (Fsp3) is 0.619. The highest BCUT2D eigenvalue weighted by Crippen LogP contribution is 2.34. The Balaban J connectivity index is 1.70. The summed E-state index contributed by atoms with van der Waals surface area (Å²) in [6.07, 6.45) is 0.901. The number of ketones is 1. The van der Waals surface area contributed by atoms with Crippen LogP contribution in [0.25, 0.3) is 0 Å². The van der Waals surface area contributed by atoms with Gasteiger partial charge in [0.05, 0.1) is 31.9 Å². The standard InChI is InChI=1S/C21H29NO5/c1-21(2,3)27-20(24)22-17-9-16(10-18(22)13-26-12-17)19(23)15-7-5-14(6-8-15)11-25-4/h5-8,16-18H,9-13H2,1-4H3. The molecule has 2 bridgehead atoms. The number of benzene rings is 1. The number of fused-ring (bicyclic) bond motifs is 2. The van der Waals surface area contributed by atoms with Crippen LogP contribution in [0.15, 0.2) is 24.3 Å². The van der Waals surface area contributed by atoms with Gasteiger partial charge in [-0.25, -0.2) is 4.79 Å². The normalized spacial score (nSPS) is 25.2. The molecule has 2 aliphatic rings. The highest BCUT2D eigenvalue weighted by molar-refractivity contribution is 5.98. The van der Waals surface area contributed by atoms with Crippen molar-refractivity contribution in [1.29, 1.82) is 0 Å². The van der Waals surface area contributed by atoms with Crippen LogP contribution in [-0.4, -0.2) is 54.8 Å². The number of carbonyl (C=O) groups excluding carboxylic acids is 2. The lowest BCUT2D eigenvalue weighted by Crippen LogP contribution is -2.60. The number of hydrogen-bond acceptors (Lipinski definition) is 5. The van der Waals surface area contributed by atoms with E-state index in [2.05, 4.69) is 0 Å². The van der Waals surface area contributed by atoms with Crippen molar-refractivity contribution in [3.8, 4) is 0 Å². The second-order valence-corrected chi connectivity index (χ2v) is 8.40. The molecule has 6 nitrogen and oxygen atoms in total. The number of nitrogens with zero attached hydrogens (tertiary/aromatic N) is 1. The highest BCUT2D eigenvalue weighted by atomic mass is 16.6. The molecule has 6 heteroatoms. The Kier molecular flexibility index (Phi) is 5.86. The Bertz CT molecular complexity index is 665. The predicted octanol–water partition coefficient (Wildman–Crippen LogP) is 3.43. The molecule has 0 aliphatic carbocycles. The smallest absolute Gasteiger partial charge is 0.410 e. The van der Waals surface area contributed by atoms with Gasteiger partial charge < -0.3 is 14.2 Å². The molecule has 3 rings (SSSR count). The number of ether oxygens (including phenoxy) is 3. The Morgan fingerprint density at radius 1 is 1.11 bits per heavy atom. The van der Waals surface area contributed by atoms with Crippen molar-refractivity contribution in [1.82, 2.24) is 4.90 Å². The van der Waals surface area contributed by atoms with Crippen molar-refractivity contribution in [2.45, 2.75) is 57.9 Å². The van der Waals surface area contributed by atoms with Crippen molar-refractivity contribution in [3.63, 3.8) is 0 Å². The molecular formula is C21H29NO5. The average Bonchev–Trinajstić information content (AvgIpc) is 2.59. The van der Waals surface area contributed by atoms with Crippen molar-refractivity contribution in [2.24, 2.45) is 5.92 Å². The molecule has 2 atom stereocenters. The van der Waals surface area contributed by atoms with Gasteiger partial charge in [0.25, 0.3) is 0 Å². The lowest BCUT2D eigenvalue weighted by Gasteiger charge is -2.47. The molecule has 0 radical (unpaired) electrons. The number of Topliss-reactive ketones (excluding diaryl/α,β-unsaturated/α-hetero) is 1. The molecule has 0 spiro atoms. The molecule has 0 N–H and O–H groups in total. The SMILES string of the molecule is COCc1ccc(C(=O)C2CC3COCC(C2)N3C(=O)OC(C)(C)C)cc1. The van der Waals surface area contributed by atoms with Crippen molar-refractivity contribution >= 4 is 11.9 Å². The van der Waals surface area contributed by atoms with Crippen LogP contribution < -0.4 is 0 Å². The molecule has 0 aromatic heterocycles. The molecule has 2 fully saturated rings. The summed E-state index contributed by atoms with van der Waals surface area (Å²) in [5, 5.41) is 0. The molecule has 27 heavy (non-hydrogen) atoms. The van der Waals surface area contributed by atoms with Gasteiger partial charge in [0.15, 0.2) is 5.78 Å². The second-order valence-electron chi connectivity index (χ2n) is 8.40. The summed E-state index contributed by atoms with van der Waals surface area (Å²) in [4.78, 5) is 27.4. The van der Waals surface area contributed by atoms with Gasteiger partial charge in [-0.3, -0.25) is 9.69 Å². The number of rotatable bonds is 4. The van der Waals surface area contributed by atoms with Crippen LogP contribution in [0, 0.1) is 5.92 Å². The van der Waals surface area contributed by atoms with E-state index in [-0.39, 0.29) is 29.9 Å². The quantitative estimate of drug-likeness (QED) is 0.755. The summed E-state index contributed by atoms with van der Waals surface area (Å²) in [6.45, 7) is 7.02. The van der Waals surface area contributed by atoms with Gasteiger partial charge in [-0.15, -0.1) is 0 Å². The summed E-state index contributed by atoms with van der Waals surface area (Å²) in [6, 6.07) is 7.35. The largest absolute Gasteiger partial charge is 0.444 e. The molecule has 148 valence electrons. The van der Waals surface area contributed by atoms with E-state index in [4.69, 9.17) is 14.2 Å². The zero-order valence-corrected chi connectivity index (χ0v) is 16.6. The van der Waals surface area contributed by atoms with E-state index in [0.717, 1.165) is 5.56 Å². The van der Waals surface area contributed by atoms with Crippen LogP contribution >= 0.6 is 0 Å². The molecule has 1 aromatic carbocycles. The first-order chi connectivity index (χ1) is 12.8. The minimum atomic E-state index is -0.539. The van der Waals surface area contributed by atoms with Crippen LogP contribution in [-0.2, 0) is 20.8 Å². The van der Waals surface area contributed by atoms with Crippen LogP contribution in [0.5, 0.6) is 0 Å². The van der Waals surface area contributed by atoms with E-state index in [0.29, 0.717) is 38.2 Å². The topological polar surface area (TPSA) is 65.1 Å². The summed E-state index contributed by atoms with van der Waals surface area (Å²) < 4.78 is 16.3. The third kappa shape index (κ3) is 4.68. The molecule has 0 saturated carbocycles. The summed E-state index contributed by atoms with van der Waals surface area (Å²) in [7, 11) is 1.65. The zero-order chi connectivity index (χ0) is 19.6. The Labute approximate surface area is 160 Å². The van der Waals surface area contributed by atoms with Crippen LogP contribution in [0.1, 0.15) is 49.5 Å². The number of hydrogen-bond donors (Lipinski definition) is 0. The van der Waals surface area contributed by atoms with E-state index >= 15 is 0 Å².